The zero-order chi connectivity index (χ0) is 9.47. The van der Waals surface area contributed by atoms with E-state index in [1.165, 1.54) is 0 Å². The summed E-state index contributed by atoms with van der Waals surface area (Å²) in [5.41, 5.74) is 1.77. The summed E-state index contributed by atoms with van der Waals surface area (Å²) in [6.45, 7) is 4.04. The third-order valence-corrected chi connectivity index (χ3v) is 2.98. The zero-order valence-electron chi connectivity index (χ0n) is 7.92. The van der Waals surface area contributed by atoms with Crippen molar-refractivity contribution in [2.75, 3.05) is 5.32 Å². The largest absolute Gasteiger partial charge is 0.325 e. The zero-order valence-corrected chi connectivity index (χ0v) is 7.92. The van der Waals surface area contributed by atoms with Crippen LogP contribution in [0.1, 0.15) is 25.8 Å². The van der Waals surface area contributed by atoms with E-state index in [4.69, 9.17) is 0 Å². The van der Waals surface area contributed by atoms with Crippen LogP contribution in [0.5, 0.6) is 0 Å². The molecule has 0 aromatic heterocycles. The molecule has 13 heavy (non-hydrogen) atoms. The predicted octanol–water partition coefficient (Wildman–Crippen LogP) is 2.31. The van der Waals surface area contributed by atoms with Crippen molar-refractivity contribution in [3.05, 3.63) is 29.8 Å². The maximum absolute atomic E-state index is 11.7. The molecule has 0 radical (unpaired) electrons. The molecule has 0 saturated heterocycles. The van der Waals surface area contributed by atoms with Crippen molar-refractivity contribution >= 4 is 11.6 Å². The first kappa shape index (κ1) is 8.30. The maximum Gasteiger partial charge on any atom is 0.234 e. The van der Waals surface area contributed by atoms with Crippen LogP contribution in [0.4, 0.5) is 5.69 Å². The predicted molar refractivity (Wildman–Crippen MR) is 52.7 cm³/mol. The number of benzene rings is 1. The van der Waals surface area contributed by atoms with Crippen LogP contribution in [0.3, 0.4) is 0 Å². The van der Waals surface area contributed by atoms with Gasteiger partial charge in [0.05, 0.1) is 5.41 Å². The molecule has 68 valence electrons. The van der Waals surface area contributed by atoms with Crippen molar-refractivity contribution < 1.29 is 4.79 Å². The van der Waals surface area contributed by atoms with Crippen molar-refractivity contribution in [1.29, 1.82) is 0 Å². The van der Waals surface area contributed by atoms with E-state index in [1.54, 1.807) is 0 Å². The highest BCUT2D eigenvalue weighted by atomic mass is 16.2. The summed E-state index contributed by atoms with van der Waals surface area (Å²) in [5.74, 6) is 0.121. The van der Waals surface area contributed by atoms with Crippen LogP contribution in [-0.2, 0) is 10.2 Å². The van der Waals surface area contributed by atoms with Gasteiger partial charge >= 0.3 is 0 Å². The first-order chi connectivity index (χ1) is 6.18. The van der Waals surface area contributed by atoms with E-state index in [-0.39, 0.29) is 11.3 Å². The molecule has 1 heterocycles. The lowest BCUT2D eigenvalue weighted by atomic mass is 9.81. The number of carbonyl (C=O) groups is 1. The van der Waals surface area contributed by atoms with Gasteiger partial charge in [-0.25, -0.2) is 0 Å². The van der Waals surface area contributed by atoms with Crippen molar-refractivity contribution in [3.63, 3.8) is 0 Å². The second kappa shape index (κ2) is 2.59. The second-order valence-corrected chi connectivity index (χ2v) is 3.69. The standard InChI is InChI=1S/C11H13NO/c1-3-11(2)8-6-4-5-7-9(8)12-10(11)13/h4-7H,3H2,1-2H3,(H,12,13). The number of carbonyl (C=O) groups excluding carboxylic acids is 1. The molecule has 1 unspecified atom stereocenters. The van der Waals surface area contributed by atoms with Gasteiger partial charge in [0.2, 0.25) is 5.91 Å². The molecule has 0 fully saturated rings. The first-order valence-corrected chi connectivity index (χ1v) is 4.59. The third kappa shape index (κ3) is 0.981. The van der Waals surface area contributed by atoms with Gasteiger partial charge < -0.3 is 5.32 Å². The summed E-state index contributed by atoms with van der Waals surface area (Å²) < 4.78 is 0. The van der Waals surface area contributed by atoms with E-state index in [1.807, 2.05) is 38.1 Å². The summed E-state index contributed by atoms with van der Waals surface area (Å²) in [6, 6.07) is 7.90. The molecule has 2 heteroatoms. The van der Waals surface area contributed by atoms with Crippen LogP contribution in [0.2, 0.25) is 0 Å². The van der Waals surface area contributed by atoms with Crippen LogP contribution in [0.15, 0.2) is 24.3 Å². The Morgan fingerprint density at radius 2 is 2.08 bits per heavy atom. The molecule has 1 aliphatic heterocycles. The average Bonchev–Trinajstić information content (AvgIpc) is 2.41. The number of hydrogen-bond donors (Lipinski definition) is 1. The van der Waals surface area contributed by atoms with Gasteiger partial charge in [0.15, 0.2) is 0 Å². The smallest absolute Gasteiger partial charge is 0.234 e. The molecular formula is C11H13NO. The number of para-hydroxylation sites is 1. The van der Waals surface area contributed by atoms with Crippen molar-refractivity contribution in [1.82, 2.24) is 0 Å². The van der Waals surface area contributed by atoms with Crippen molar-refractivity contribution in [2.24, 2.45) is 0 Å². The molecular weight excluding hydrogens is 162 g/mol. The Morgan fingerprint density at radius 1 is 1.38 bits per heavy atom. The quantitative estimate of drug-likeness (QED) is 0.697. The number of hydrogen-bond acceptors (Lipinski definition) is 1. The van der Waals surface area contributed by atoms with E-state index in [2.05, 4.69) is 5.32 Å². The van der Waals surface area contributed by atoms with Gasteiger partial charge in [-0.2, -0.15) is 0 Å². The third-order valence-electron chi connectivity index (χ3n) is 2.98. The van der Waals surface area contributed by atoms with E-state index >= 15 is 0 Å². The van der Waals surface area contributed by atoms with Gasteiger partial charge in [0.25, 0.3) is 0 Å². The fraction of sp³-hybridized carbons (Fsp3) is 0.364. The lowest BCUT2D eigenvalue weighted by Crippen LogP contribution is -2.29. The van der Waals surface area contributed by atoms with Gasteiger partial charge in [0, 0.05) is 5.69 Å². The number of rotatable bonds is 1. The molecule has 0 spiro atoms. The van der Waals surface area contributed by atoms with Gasteiger partial charge in [0.1, 0.15) is 0 Å². The van der Waals surface area contributed by atoms with Crippen LogP contribution in [0.25, 0.3) is 0 Å². The normalized spacial score (nSPS) is 25.5. The Morgan fingerprint density at radius 3 is 2.77 bits per heavy atom. The molecule has 2 rings (SSSR count). The Hall–Kier alpha value is -1.31. The van der Waals surface area contributed by atoms with Crippen LogP contribution in [-0.4, -0.2) is 5.91 Å². The average molecular weight is 175 g/mol. The van der Waals surface area contributed by atoms with E-state index < -0.39 is 0 Å². The molecule has 1 aromatic rings. The Kier molecular flexibility index (Phi) is 1.65. The highest BCUT2D eigenvalue weighted by Crippen LogP contribution is 2.39. The topological polar surface area (TPSA) is 29.1 Å². The minimum atomic E-state index is -0.323. The number of nitrogens with one attached hydrogen (secondary N) is 1. The summed E-state index contributed by atoms with van der Waals surface area (Å²) >= 11 is 0. The number of amides is 1. The van der Waals surface area contributed by atoms with Gasteiger partial charge in [-0.05, 0) is 25.0 Å². The molecule has 0 saturated carbocycles. The summed E-state index contributed by atoms with van der Waals surface area (Å²) in [5, 5.41) is 2.90. The van der Waals surface area contributed by atoms with Gasteiger partial charge in [-0.15, -0.1) is 0 Å². The molecule has 1 aliphatic rings. The summed E-state index contributed by atoms with van der Waals surface area (Å²) in [4.78, 5) is 11.7. The van der Waals surface area contributed by atoms with Gasteiger partial charge in [-0.1, -0.05) is 25.1 Å². The minimum absolute atomic E-state index is 0.121. The molecule has 2 nitrogen and oxygen atoms in total. The Labute approximate surface area is 78.0 Å². The minimum Gasteiger partial charge on any atom is -0.325 e. The van der Waals surface area contributed by atoms with Crippen LogP contribution in [0, 0.1) is 0 Å². The van der Waals surface area contributed by atoms with E-state index in [0.29, 0.717) is 0 Å². The highest BCUT2D eigenvalue weighted by Gasteiger charge is 2.40. The van der Waals surface area contributed by atoms with Crippen LogP contribution >= 0.6 is 0 Å². The molecule has 0 bridgehead atoms. The lowest BCUT2D eigenvalue weighted by Gasteiger charge is -2.19. The molecule has 1 N–H and O–H groups in total. The fourth-order valence-electron chi connectivity index (χ4n) is 1.81. The van der Waals surface area contributed by atoms with E-state index in [0.717, 1.165) is 17.7 Å². The molecule has 1 atom stereocenters. The monoisotopic (exact) mass is 175 g/mol. The Bertz CT molecular complexity index is 359. The molecule has 1 aromatic carbocycles. The van der Waals surface area contributed by atoms with Crippen molar-refractivity contribution in [3.8, 4) is 0 Å². The summed E-state index contributed by atoms with van der Waals surface area (Å²) in [6.07, 6.45) is 0.843. The molecule has 0 aliphatic carbocycles. The molecule has 1 amide bonds. The lowest BCUT2D eigenvalue weighted by molar-refractivity contribution is -0.120. The number of anilines is 1. The first-order valence-electron chi connectivity index (χ1n) is 4.59. The van der Waals surface area contributed by atoms with Crippen LogP contribution < -0.4 is 5.32 Å². The second-order valence-electron chi connectivity index (χ2n) is 3.69. The number of fused-ring (bicyclic) bond motifs is 1. The van der Waals surface area contributed by atoms with Crippen molar-refractivity contribution in [2.45, 2.75) is 25.7 Å². The van der Waals surface area contributed by atoms with E-state index in [9.17, 15) is 4.79 Å². The Balaban J connectivity index is 2.59. The highest BCUT2D eigenvalue weighted by molar-refractivity contribution is 6.05. The maximum atomic E-state index is 11.7. The van der Waals surface area contributed by atoms with Gasteiger partial charge in [-0.3, -0.25) is 4.79 Å². The summed E-state index contributed by atoms with van der Waals surface area (Å²) in [7, 11) is 0. The SMILES string of the molecule is CCC1(C)C(=O)Nc2ccccc21. The fourth-order valence-corrected chi connectivity index (χ4v) is 1.81.